The van der Waals surface area contributed by atoms with Gasteiger partial charge in [-0.25, -0.2) is 9.47 Å². The number of thioether (sulfide) groups is 1. The van der Waals surface area contributed by atoms with Crippen molar-refractivity contribution in [3.8, 4) is 5.75 Å². The van der Waals surface area contributed by atoms with Crippen LogP contribution in [-0.2, 0) is 4.79 Å². The van der Waals surface area contributed by atoms with Crippen LogP contribution in [0.3, 0.4) is 0 Å². The zero-order valence-corrected chi connectivity index (χ0v) is 17.8. The molecule has 1 N–H and O–H groups in total. The van der Waals surface area contributed by atoms with Crippen molar-refractivity contribution in [3.63, 3.8) is 0 Å². The number of ether oxygens (including phenoxy) is 1. The van der Waals surface area contributed by atoms with E-state index < -0.39 is 0 Å². The van der Waals surface area contributed by atoms with Crippen molar-refractivity contribution in [3.05, 3.63) is 89.5 Å². The van der Waals surface area contributed by atoms with Crippen LogP contribution in [0.1, 0.15) is 5.56 Å². The Morgan fingerprint density at radius 2 is 1.74 bits per heavy atom. The highest BCUT2D eigenvalue weighted by atomic mass is 32.2. The van der Waals surface area contributed by atoms with E-state index in [-0.39, 0.29) is 11.1 Å². The third kappa shape index (κ3) is 4.84. The summed E-state index contributed by atoms with van der Waals surface area (Å²) in [5.74, 6) is 1.33. The molecule has 0 spiro atoms. The molecule has 7 heteroatoms. The van der Waals surface area contributed by atoms with E-state index >= 15 is 0 Å². The number of nitrogens with zero attached hydrogens (tertiary/aromatic N) is 2. The van der Waals surface area contributed by atoms with E-state index in [1.165, 1.54) is 0 Å². The average molecular weight is 433 g/mol. The van der Waals surface area contributed by atoms with Crippen LogP contribution < -0.4 is 14.5 Å². The normalized spacial score (nSPS) is 16.7. The van der Waals surface area contributed by atoms with Crippen LogP contribution in [0.5, 0.6) is 5.75 Å². The minimum atomic E-state index is -0.359. The molecule has 1 atom stereocenters. The summed E-state index contributed by atoms with van der Waals surface area (Å²) in [7, 11) is 2.13. The van der Waals surface area contributed by atoms with E-state index in [0.717, 1.165) is 34.6 Å². The van der Waals surface area contributed by atoms with Gasteiger partial charge in [0, 0.05) is 12.3 Å². The average Bonchev–Trinajstić information content (AvgIpc) is 3.12. The molecule has 2 aromatic carbocycles. The van der Waals surface area contributed by atoms with Gasteiger partial charge in [-0.3, -0.25) is 14.9 Å². The van der Waals surface area contributed by atoms with Crippen molar-refractivity contribution in [2.75, 3.05) is 20.2 Å². The summed E-state index contributed by atoms with van der Waals surface area (Å²) in [6.07, 6.45) is 3.50. The van der Waals surface area contributed by atoms with Gasteiger partial charge in [-0.2, -0.15) is 0 Å². The molecule has 1 fully saturated rings. The molecule has 1 saturated heterocycles. The van der Waals surface area contributed by atoms with Gasteiger partial charge < -0.3 is 4.74 Å². The van der Waals surface area contributed by atoms with Gasteiger partial charge >= 0.3 is 0 Å². The molecule has 1 aromatic heterocycles. The number of hydrogen-bond acceptors (Lipinski definition) is 5. The number of amides is 2. The lowest BCUT2D eigenvalue weighted by molar-refractivity contribution is -0.115. The van der Waals surface area contributed by atoms with Gasteiger partial charge in [-0.15, -0.1) is 0 Å². The van der Waals surface area contributed by atoms with E-state index in [0.29, 0.717) is 22.5 Å². The monoisotopic (exact) mass is 432 g/mol. The third-order valence-electron chi connectivity index (χ3n) is 5.11. The zero-order chi connectivity index (χ0) is 21.7. The van der Waals surface area contributed by atoms with Crippen LogP contribution >= 0.6 is 11.8 Å². The Balaban J connectivity index is 1.44. The molecule has 1 aliphatic heterocycles. The number of carbonyl (C=O) groups excluding carboxylic acids is 2. The molecule has 0 bridgehead atoms. The molecule has 156 valence electrons. The maximum Gasteiger partial charge on any atom is 0.290 e. The zero-order valence-electron chi connectivity index (χ0n) is 17.0. The largest absolute Gasteiger partial charge is 0.488 e. The van der Waals surface area contributed by atoms with E-state index in [1.54, 1.807) is 12.3 Å². The third-order valence-corrected chi connectivity index (χ3v) is 5.92. The second kappa shape index (κ2) is 9.16. The first kappa shape index (κ1) is 20.8. The van der Waals surface area contributed by atoms with E-state index in [9.17, 15) is 9.59 Å². The van der Waals surface area contributed by atoms with Crippen LogP contribution in [0.4, 0.5) is 16.3 Å². The second-order valence-electron chi connectivity index (χ2n) is 7.21. The number of para-hydroxylation sites is 1. The minimum absolute atomic E-state index is 0.344. The second-order valence-corrected chi connectivity index (χ2v) is 8.22. The summed E-state index contributed by atoms with van der Waals surface area (Å²) in [5.41, 5.74) is 1.96. The molecular formula is C24H22N3O3S+. The molecular weight excluding hydrogens is 410 g/mol. The minimum Gasteiger partial charge on any atom is -0.488 e. The van der Waals surface area contributed by atoms with Crippen molar-refractivity contribution >= 4 is 40.5 Å². The first-order valence-electron chi connectivity index (χ1n) is 9.85. The van der Waals surface area contributed by atoms with Crippen molar-refractivity contribution in [1.29, 1.82) is 0 Å². The van der Waals surface area contributed by atoms with Crippen molar-refractivity contribution in [2.24, 2.45) is 0 Å². The number of imide groups is 1. The van der Waals surface area contributed by atoms with Crippen molar-refractivity contribution < 1.29 is 14.3 Å². The predicted octanol–water partition coefficient (Wildman–Crippen LogP) is 4.75. The lowest BCUT2D eigenvalue weighted by Crippen LogP contribution is -2.43. The van der Waals surface area contributed by atoms with Gasteiger partial charge in [0.25, 0.3) is 11.1 Å². The van der Waals surface area contributed by atoms with Crippen LogP contribution in [0.25, 0.3) is 6.08 Å². The van der Waals surface area contributed by atoms with Crippen molar-refractivity contribution in [1.82, 2.24) is 14.8 Å². The molecule has 2 heterocycles. The van der Waals surface area contributed by atoms with Crippen LogP contribution in [0, 0.1) is 0 Å². The summed E-state index contributed by atoms with van der Waals surface area (Å²) in [4.78, 5) is 27.9. The summed E-state index contributed by atoms with van der Waals surface area (Å²) in [6, 6.07) is 23.6. The maximum atomic E-state index is 11.7. The Hall–Kier alpha value is -3.42. The number of hydrogen-bond donors (Lipinski definition) is 1. The van der Waals surface area contributed by atoms with Gasteiger partial charge in [0.1, 0.15) is 24.6 Å². The fraction of sp³-hybridized carbons (Fsp3) is 0.125. The molecule has 4 rings (SSSR count). The van der Waals surface area contributed by atoms with Crippen LogP contribution in [-0.4, -0.2) is 36.3 Å². The number of aromatic nitrogens is 1. The highest BCUT2D eigenvalue weighted by molar-refractivity contribution is 8.18. The number of pyridine rings is 1. The molecule has 3 aromatic rings. The fourth-order valence-corrected chi connectivity index (χ4v) is 4.04. The molecule has 6 nitrogen and oxygen atoms in total. The van der Waals surface area contributed by atoms with Crippen LogP contribution in [0.15, 0.2) is 83.9 Å². The van der Waals surface area contributed by atoms with Gasteiger partial charge in [-0.1, -0.05) is 36.4 Å². The fourth-order valence-electron chi connectivity index (χ4n) is 3.36. The van der Waals surface area contributed by atoms with Gasteiger partial charge in [0.05, 0.1) is 12.0 Å². The standard InChI is InChI=1S/C24H21N3O3S/c1-27(19-7-3-2-4-8-19,22-9-5-6-14-25-22)15-16-30-20-12-10-18(11-13-20)17-21-23(28)26-24(29)31-21/h2-14,17H,15-16H2,1H3/p+1. The first-order valence-corrected chi connectivity index (χ1v) is 10.7. The Morgan fingerprint density at radius 3 is 2.39 bits per heavy atom. The molecule has 0 radical (unpaired) electrons. The lowest BCUT2D eigenvalue weighted by Gasteiger charge is -2.32. The Morgan fingerprint density at radius 1 is 1.00 bits per heavy atom. The van der Waals surface area contributed by atoms with Gasteiger partial charge in [0.15, 0.2) is 0 Å². The topological polar surface area (TPSA) is 68.3 Å². The summed E-state index contributed by atoms with van der Waals surface area (Å²) in [6.45, 7) is 1.20. The quantitative estimate of drug-likeness (QED) is 0.431. The SMILES string of the molecule is C[N+](CCOc1ccc(C=C2SC(=O)NC2=O)cc1)(c1ccccc1)c1ccccn1. The Bertz CT molecular complexity index is 1060. The predicted molar refractivity (Wildman–Crippen MR) is 124 cm³/mol. The highest BCUT2D eigenvalue weighted by Gasteiger charge is 2.29. The molecule has 31 heavy (non-hydrogen) atoms. The summed E-state index contributed by atoms with van der Waals surface area (Å²) >= 11 is 0.907. The number of likely N-dealkylation sites (N-methyl/N-ethyl adjacent to an activating group) is 1. The summed E-state index contributed by atoms with van der Waals surface area (Å²) < 4.78 is 6.53. The Kier molecular flexibility index (Phi) is 6.16. The molecule has 1 unspecified atom stereocenters. The smallest absolute Gasteiger partial charge is 0.290 e. The summed E-state index contributed by atoms with van der Waals surface area (Å²) in [5, 5.41) is 1.91. The number of rotatable bonds is 7. The number of benzene rings is 2. The number of carbonyl (C=O) groups is 2. The lowest BCUT2D eigenvalue weighted by atomic mass is 10.2. The van der Waals surface area contributed by atoms with Gasteiger partial charge in [-0.05, 0) is 53.7 Å². The molecule has 2 amide bonds. The maximum absolute atomic E-state index is 11.7. The first-order chi connectivity index (χ1) is 15.0. The molecule has 1 aliphatic rings. The van der Waals surface area contributed by atoms with Gasteiger partial charge in [0.2, 0.25) is 5.82 Å². The number of quaternary nitrogens is 1. The highest BCUT2D eigenvalue weighted by Crippen LogP contribution is 2.30. The van der Waals surface area contributed by atoms with E-state index in [4.69, 9.17) is 4.74 Å². The molecule has 0 aliphatic carbocycles. The molecule has 0 saturated carbocycles. The van der Waals surface area contributed by atoms with E-state index in [2.05, 4.69) is 29.5 Å². The number of nitrogens with one attached hydrogen (secondary N) is 1. The Labute approximate surface area is 185 Å². The van der Waals surface area contributed by atoms with Crippen LogP contribution in [0.2, 0.25) is 0 Å². The van der Waals surface area contributed by atoms with E-state index in [1.807, 2.05) is 60.7 Å². The van der Waals surface area contributed by atoms with Crippen molar-refractivity contribution in [2.45, 2.75) is 0 Å².